The van der Waals surface area contributed by atoms with Crippen LogP contribution in [-0.2, 0) is 6.54 Å². The average molecular weight is 438 g/mol. The fraction of sp³-hybridized carbons (Fsp3) is 0.167. The second-order valence-electron chi connectivity index (χ2n) is 7.56. The first-order valence-corrected chi connectivity index (χ1v) is 10.6. The van der Waals surface area contributed by atoms with E-state index in [-0.39, 0.29) is 11.7 Å². The Morgan fingerprint density at radius 2 is 1.77 bits per heavy atom. The molecule has 4 aromatic rings. The molecule has 0 bridgehead atoms. The zero-order valence-electron chi connectivity index (χ0n) is 17.1. The minimum Gasteiger partial charge on any atom is -0.348 e. The minimum absolute atomic E-state index is 0.215. The van der Waals surface area contributed by atoms with Crippen LogP contribution in [-0.4, -0.2) is 20.7 Å². The van der Waals surface area contributed by atoms with Crippen molar-refractivity contribution in [1.29, 1.82) is 0 Å². The lowest BCUT2D eigenvalue weighted by Gasteiger charge is -2.13. The number of rotatable bonds is 6. The third kappa shape index (κ3) is 4.94. The van der Waals surface area contributed by atoms with Crippen molar-refractivity contribution in [3.63, 3.8) is 0 Å². The van der Waals surface area contributed by atoms with Crippen molar-refractivity contribution >= 4 is 28.6 Å². The molecule has 0 saturated carbocycles. The van der Waals surface area contributed by atoms with Gasteiger partial charge in [0.15, 0.2) is 5.00 Å². The quantitative estimate of drug-likeness (QED) is 0.383. The second-order valence-corrected chi connectivity index (χ2v) is 9.21. The molecule has 31 heavy (non-hydrogen) atoms. The summed E-state index contributed by atoms with van der Waals surface area (Å²) in [5.74, 6) is -0.534. The van der Waals surface area contributed by atoms with Gasteiger partial charge in [-0.2, -0.15) is 5.10 Å². The SMILES string of the molecule is CC(C)(F)Sc1ccc(CNC(=O)c2cccc3c2cnn3-c2ccc(F)cc2)cc1. The number of benzene rings is 3. The molecule has 0 unspecified atom stereocenters. The Hall–Kier alpha value is -3.19. The predicted octanol–water partition coefficient (Wildman–Crippen LogP) is 5.89. The van der Waals surface area contributed by atoms with Gasteiger partial charge in [0.05, 0.1) is 23.0 Å². The van der Waals surface area contributed by atoms with Crippen molar-refractivity contribution in [3.8, 4) is 5.69 Å². The van der Waals surface area contributed by atoms with Crippen molar-refractivity contribution < 1.29 is 13.6 Å². The summed E-state index contributed by atoms with van der Waals surface area (Å²) in [5.41, 5.74) is 2.90. The molecule has 1 aromatic heterocycles. The lowest BCUT2D eigenvalue weighted by atomic mass is 10.1. The van der Waals surface area contributed by atoms with E-state index in [1.54, 1.807) is 35.1 Å². The van der Waals surface area contributed by atoms with Gasteiger partial charge < -0.3 is 5.32 Å². The van der Waals surface area contributed by atoms with Gasteiger partial charge in [-0.05, 0) is 67.9 Å². The average Bonchev–Trinajstić information content (AvgIpc) is 3.17. The maximum absolute atomic E-state index is 13.8. The van der Waals surface area contributed by atoms with Gasteiger partial charge >= 0.3 is 0 Å². The molecule has 158 valence electrons. The first-order valence-electron chi connectivity index (χ1n) is 9.78. The Kier molecular flexibility index (Phi) is 5.78. The summed E-state index contributed by atoms with van der Waals surface area (Å²) in [6.07, 6.45) is 1.64. The van der Waals surface area contributed by atoms with E-state index in [4.69, 9.17) is 0 Å². The molecule has 1 N–H and O–H groups in total. The third-order valence-corrected chi connectivity index (χ3v) is 5.66. The van der Waals surface area contributed by atoms with Crippen molar-refractivity contribution in [3.05, 3.63) is 89.9 Å². The van der Waals surface area contributed by atoms with Crippen LogP contribution in [0.15, 0.2) is 77.8 Å². The van der Waals surface area contributed by atoms with Crippen LogP contribution < -0.4 is 5.32 Å². The molecule has 0 aliphatic carbocycles. The Morgan fingerprint density at radius 1 is 1.06 bits per heavy atom. The highest BCUT2D eigenvalue weighted by Gasteiger charge is 2.17. The van der Waals surface area contributed by atoms with Gasteiger partial charge in [-0.25, -0.2) is 13.5 Å². The standard InChI is InChI=1S/C24H21F2N3OS/c1-24(2,26)31-19-12-6-16(7-13-19)14-27-23(30)20-4-3-5-22-21(20)15-28-29(22)18-10-8-17(25)9-11-18/h3-13,15H,14H2,1-2H3,(H,27,30). The van der Waals surface area contributed by atoms with Crippen LogP contribution in [0.1, 0.15) is 29.8 Å². The van der Waals surface area contributed by atoms with E-state index >= 15 is 0 Å². The molecule has 0 aliphatic rings. The van der Waals surface area contributed by atoms with Gasteiger partial charge in [0.1, 0.15) is 5.82 Å². The third-order valence-electron chi connectivity index (χ3n) is 4.67. The summed E-state index contributed by atoms with van der Waals surface area (Å²) < 4.78 is 28.7. The summed E-state index contributed by atoms with van der Waals surface area (Å²) in [6, 6.07) is 18.9. The summed E-state index contributed by atoms with van der Waals surface area (Å²) >= 11 is 1.15. The molecular weight excluding hydrogens is 416 g/mol. The molecule has 1 heterocycles. The molecule has 0 radical (unpaired) electrons. The van der Waals surface area contributed by atoms with Crippen LogP contribution in [0.2, 0.25) is 0 Å². The molecule has 1 amide bonds. The maximum atomic E-state index is 13.8. The van der Waals surface area contributed by atoms with Gasteiger partial charge in [0.25, 0.3) is 5.91 Å². The van der Waals surface area contributed by atoms with Crippen LogP contribution in [0.5, 0.6) is 0 Å². The van der Waals surface area contributed by atoms with E-state index in [2.05, 4.69) is 10.4 Å². The lowest BCUT2D eigenvalue weighted by molar-refractivity contribution is 0.0952. The van der Waals surface area contributed by atoms with Gasteiger partial charge in [0.2, 0.25) is 0 Å². The number of hydrogen-bond acceptors (Lipinski definition) is 3. The molecule has 7 heteroatoms. The van der Waals surface area contributed by atoms with E-state index in [1.165, 1.54) is 26.0 Å². The Labute approximate surface area is 183 Å². The number of fused-ring (bicyclic) bond motifs is 1. The number of thioether (sulfide) groups is 1. The van der Waals surface area contributed by atoms with Crippen molar-refractivity contribution in [2.75, 3.05) is 0 Å². The van der Waals surface area contributed by atoms with Gasteiger partial charge in [-0.3, -0.25) is 4.79 Å². The number of carbonyl (C=O) groups is 1. The number of halogens is 2. The lowest BCUT2D eigenvalue weighted by Crippen LogP contribution is -2.22. The fourth-order valence-corrected chi connectivity index (χ4v) is 4.10. The zero-order chi connectivity index (χ0) is 22.0. The molecule has 0 aliphatic heterocycles. The molecular formula is C24H21F2N3OS. The second kappa shape index (κ2) is 8.51. The first kappa shape index (κ1) is 21.1. The summed E-state index contributed by atoms with van der Waals surface area (Å²) in [6.45, 7) is 3.39. The van der Waals surface area contributed by atoms with Gasteiger partial charge in [0, 0.05) is 16.8 Å². The van der Waals surface area contributed by atoms with Crippen molar-refractivity contribution in [1.82, 2.24) is 15.1 Å². The van der Waals surface area contributed by atoms with Gasteiger partial charge in [-0.1, -0.05) is 30.0 Å². The van der Waals surface area contributed by atoms with Crippen molar-refractivity contribution in [2.45, 2.75) is 30.3 Å². The van der Waals surface area contributed by atoms with Crippen molar-refractivity contribution in [2.24, 2.45) is 0 Å². The monoisotopic (exact) mass is 437 g/mol. The number of hydrogen-bond donors (Lipinski definition) is 1. The summed E-state index contributed by atoms with van der Waals surface area (Å²) in [5, 5.41) is 6.67. The number of alkyl halides is 1. The highest BCUT2D eigenvalue weighted by molar-refractivity contribution is 8.00. The molecule has 0 atom stereocenters. The molecule has 0 spiro atoms. The van der Waals surface area contributed by atoms with E-state index in [9.17, 15) is 13.6 Å². The van der Waals surface area contributed by atoms with Crippen LogP contribution in [0.4, 0.5) is 8.78 Å². The Balaban J connectivity index is 1.50. The largest absolute Gasteiger partial charge is 0.348 e. The molecule has 0 saturated heterocycles. The Bertz CT molecular complexity index is 1210. The smallest absolute Gasteiger partial charge is 0.252 e. The predicted molar refractivity (Wildman–Crippen MR) is 120 cm³/mol. The highest BCUT2D eigenvalue weighted by Crippen LogP contribution is 2.33. The van der Waals surface area contributed by atoms with Crippen LogP contribution in [0.25, 0.3) is 16.6 Å². The number of amides is 1. The number of nitrogens with one attached hydrogen (secondary N) is 1. The van der Waals surface area contributed by atoms with E-state index in [0.29, 0.717) is 23.2 Å². The van der Waals surface area contributed by atoms with Gasteiger partial charge in [-0.15, -0.1) is 0 Å². The van der Waals surface area contributed by atoms with Crippen LogP contribution in [0.3, 0.4) is 0 Å². The first-order chi connectivity index (χ1) is 14.8. The zero-order valence-corrected chi connectivity index (χ0v) is 17.9. The molecule has 4 nitrogen and oxygen atoms in total. The summed E-state index contributed by atoms with van der Waals surface area (Å²) in [4.78, 5) is 13.7. The molecule has 3 aromatic carbocycles. The van der Waals surface area contributed by atoms with E-state index in [0.717, 1.165) is 27.7 Å². The molecule has 0 fully saturated rings. The van der Waals surface area contributed by atoms with E-state index < -0.39 is 5.00 Å². The minimum atomic E-state index is -1.34. The molecule has 4 rings (SSSR count). The topological polar surface area (TPSA) is 46.9 Å². The number of nitrogens with zero attached hydrogens (tertiary/aromatic N) is 2. The normalized spacial score (nSPS) is 11.6. The number of carbonyl (C=O) groups excluding carboxylic acids is 1. The maximum Gasteiger partial charge on any atom is 0.252 e. The number of aromatic nitrogens is 2. The van der Waals surface area contributed by atoms with Crippen LogP contribution >= 0.6 is 11.8 Å². The fourth-order valence-electron chi connectivity index (χ4n) is 3.27. The van der Waals surface area contributed by atoms with E-state index in [1.807, 2.05) is 30.3 Å². The summed E-state index contributed by atoms with van der Waals surface area (Å²) in [7, 11) is 0. The Morgan fingerprint density at radius 3 is 2.45 bits per heavy atom. The highest BCUT2D eigenvalue weighted by atomic mass is 32.2. The van der Waals surface area contributed by atoms with Crippen LogP contribution in [0, 0.1) is 5.82 Å².